The average Bonchev–Trinajstić information content (AvgIpc) is 2.42. The van der Waals surface area contributed by atoms with Crippen LogP contribution in [0.3, 0.4) is 0 Å². The van der Waals surface area contributed by atoms with Crippen molar-refractivity contribution in [3.8, 4) is 0 Å². The van der Waals surface area contributed by atoms with Gasteiger partial charge in [-0.25, -0.2) is 8.78 Å². The third-order valence-electron chi connectivity index (χ3n) is 2.62. The van der Waals surface area contributed by atoms with E-state index >= 15 is 0 Å². The molecule has 3 nitrogen and oxygen atoms in total. The average molecular weight is 262 g/mol. The molecule has 1 heterocycles. The van der Waals surface area contributed by atoms with Gasteiger partial charge in [-0.05, 0) is 36.2 Å². The van der Waals surface area contributed by atoms with E-state index in [1.165, 1.54) is 6.07 Å². The summed E-state index contributed by atoms with van der Waals surface area (Å²) in [6.07, 6.45) is 3.90. The summed E-state index contributed by atoms with van der Waals surface area (Å²) in [4.78, 5) is 15.5. The molecule has 0 aliphatic heterocycles. The molecule has 1 amide bonds. The smallest absolute Gasteiger partial charge is 0.224 e. The van der Waals surface area contributed by atoms with Gasteiger partial charge in [-0.15, -0.1) is 0 Å². The van der Waals surface area contributed by atoms with Gasteiger partial charge in [0, 0.05) is 18.8 Å². The molecule has 0 unspecified atom stereocenters. The van der Waals surface area contributed by atoms with E-state index < -0.39 is 23.2 Å². The van der Waals surface area contributed by atoms with Crippen molar-refractivity contribution in [1.29, 1.82) is 0 Å². The topological polar surface area (TPSA) is 42.0 Å². The molecule has 0 radical (unpaired) electrons. The quantitative estimate of drug-likeness (QED) is 0.920. The first-order valence-electron chi connectivity index (χ1n) is 5.79. The Kier molecular flexibility index (Phi) is 4.18. The number of nitrogens with one attached hydrogen (secondary N) is 1. The maximum atomic E-state index is 13.3. The minimum Gasteiger partial charge on any atom is -0.321 e. The van der Waals surface area contributed by atoms with Crippen molar-refractivity contribution in [3.63, 3.8) is 0 Å². The second-order valence-electron chi connectivity index (χ2n) is 4.00. The number of aryl methyl sites for hydroxylation is 1. The predicted octanol–water partition coefficient (Wildman–Crippen LogP) is 2.93. The summed E-state index contributed by atoms with van der Waals surface area (Å²) in [7, 11) is 0. The molecular formula is C14H12F2N2O. The maximum Gasteiger partial charge on any atom is 0.224 e. The van der Waals surface area contributed by atoms with Crippen molar-refractivity contribution in [2.45, 2.75) is 12.8 Å². The molecule has 1 aromatic carbocycles. The Morgan fingerprint density at radius 1 is 1.11 bits per heavy atom. The first-order chi connectivity index (χ1) is 9.16. The molecule has 0 fully saturated rings. The number of anilines is 1. The zero-order valence-corrected chi connectivity index (χ0v) is 10.1. The number of hydrogen-bond acceptors (Lipinski definition) is 2. The van der Waals surface area contributed by atoms with Crippen LogP contribution in [0.25, 0.3) is 0 Å². The Labute approximate surface area is 109 Å². The van der Waals surface area contributed by atoms with Crippen LogP contribution in [0.4, 0.5) is 14.5 Å². The van der Waals surface area contributed by atoms with Gasteiger partial charge in [-0.2, -0.15) is 0 Å². The summed E-state index contributed by atoms with van der Waals surface area (Å²) >= 11 is 0. The minimum atomic E-state index is -0.780. The minimum absolute atomic E-state index is 0.151. The highest BCUT2D eigenvalue weighted by Crippen LogP contribution is 2.18. The second-order valence-corrected chi connectivity index (χ2v) is 4.00. The third kappa shape index (κ3) is 3.58. The lowest BCUT2D eigenvalue weighted by molar-refractivity contribution is -0.116. The Hall–Kier alpha value is -2.30. The standard InChI is InChI=1S/C14H12F2N2O/c15-11-2-1-3-12(16)14(11)18-13(19)5-4-10-6-8-17-9-7-10/h1-3,6-9H,4-5H2,(H,18,19). The van der Waals surface area contributed by atoms with Crippen LogP contribution in [0.2, 0.25) is 0 Å². The zero-order chi connectivity index (χ0) is 13.7. The number of hydrogen-bond donors (Lipinski definition) is 1. The summed E-state index contributed by atoms with van der Waals surface area (Å²) in [5, 5.41) is 2.24. The van der Waals surface area contributed by atoms with E-state index in [2.05, 4.69) is 10.3 Å². The number of benzene rings is 1. The molecule has 5 heteroatoms. The summed E-state index contributed by atoms with van der Waals surface area (Å²) in [6.45, 7) is 0. The van der Waals surface area contributed by atoms with Crippen LogP contribution >= 0.6 is 0 Å². The van der Waals surface area contributed by atoms with E-state index in [4.69, 9.17) is 0 Å². The number of para-hydroxylation sites is 1. The Morgan fingerprint density at radius 2 is 1.74 bits per heavy atom. The number of pyridine rings is 1. The van der Waals surface area contributed by atoms with Gasteiger partial charge in [0.25, 0.3) is 0 Å². The van der Waals surface area contributed by atoms with Crippen molar-refractivity contribution in [1.82, 2.24) is 4.98 Å². The number of nitrogens with zero attached hydrogens (tertiary/aromatic N) is 1. The summed E-state index contributed by atoms with van der Waals surface area (Å²) in [5.74, 6) is -1.99. The van der Waals surface area contributed by atoms with E-state index in [1.807, 2.05) is 0 Å². The van der Waals surface area contributed by atoms with Gasteiger partial charge in [-0.3, -0.25) is 9.78 Å². The molecule has 19 heavy (non-hydrogen) atoms. The number of halogens is 2. The summed E-state index contributed by atoms with van der Waals surface area (Å²) < 4.78 is 26.6. The van der Waals surface area contributed by atoms with Gasteiger partial charge in [0.1, 0.15) is 17.3 Å². The molecule has 98 valence electrons. The number of aromatic nitrogens is 1. The molecule has 0 aliphatic rings. The fourth-order valence-electron chi connectivity index (χ4n) is 1.63. The predicted molar refractivity (Wildman–Crippen MR) is 67.5 cm³/mol. The molecule has 0 spiro atoms. The van der Waals surface area contributed by atoms with Crippen LogP contribution in [0.5, 0.6) is 0 Å². The first kappa shape index (κ1) is 13.1. The second kappa shape index (κ2) is 6.04. The fourth-order valence-corrected chi connectivity index (χ4v) is 1.63. The van der Waals surface area contributed by atoms with Gasteiger partial charge < -0.3 is 5.32 Å². The number of amides is 1. The van der Waals surface area contributed by atoms with Crippen LogP contribution in [-0.4, -0.2) is 10.9 Å². The summed E-state index contributed by atoms with van der Waals surface area (Å²) in [5.41, 5.74) is 0.543. The van der Waals surface area contributed by atoms with E-state index in [-0.39, 0.29) is 6.42 Å². The number of carbonyl (C=O) groups excluding carboxylic acids is 1. The van der Waals surface area contributed by atoms with Crippen molar-refractivity contribution >= 4 is 11.6 Å². The van der Waals surface area contributed by atoms with Crippen LogP contribution in [0.15, 0.2) is 42.7 Å². The van der Waals surface area contributed by atoms with Gasteiger partial charge in [0.05, 0.1) is 0 Å². The van der Waals surface area contributed by atoms with Gasteiger partial charge >= 0.3 is 0 Å². The molecule has 1 N–H and O–H groups in total. The number of carbonyl (C=O) groups is 1. The lowest BCUT2D eigenvalue weighted by Gasteiger charge is -2.07. The summed E-state index contributed by atoms with van der Waals surface area (Å²) in [6, 6.07) is 7.02. The molecule has 0 aliphatic carbocycles. The highest BCUT2D eigenvalue weighted by molar-refractivity contribution is 5.91. The number of rotatable bonds is 4. The first-order valence-corrected chi connectivity index (χ1v) is 5.79. The Bertz CT molecular complexity index is 553. The molecule has 2 rings (SSSR count). The van der Waals surface area contributed by atoms with Crippen molar-refractivity contribution < 1.29 is 13.6 Å². The molecular weight excluding hydrogens is 250 g/mol. The van der Waals surface area contributed by atoms with Gasteiger partial charge in [0.15, 0.2) is 0 Å². The maximum absolute atomic E-state index is 13.3. The van der Waals surface area contributed by atoms with Gasteiger partial charge in [-0.1, -0.05) is 6.07 Å². The zero-order valence-electron chi connectivity index (χ0n) is 10.1. The van der Waals surface area contributed by atoms with Crippen molar-refractivity contribution in [3.05, 3.63) is 59.9 Å². The molecule has 0 saturated heterocycles. The van der Waals surface area contributed by atoms with Gasteiger partial charge in [0.2, 0.25) is 5.91 Å². The third-order valence-corrected chi connectivity index (χ3v) is 2.62. The molecule has 1 aromatic heterocycles. The molecule has 0 atom stereocenters. The van der Waals surface area contributed by atoms with E-state index in [0.29, 0.717) is 6.42 Å². The monoisotopic (exact) mass is 262 g/mol. The van der Waals surface area contributed by atoms with Crippen LogP contribution in [0, 0.1) is 11.6 Å². The SMILES string of the molecule is O=C(CCc1ccncc1)Nc1c(F)cccc1F. The van der Waals surface area contributed by atoms with Crippen LogP contribution < -0.4 is 5.32 Å². The van der Waals surface area contributed by atoms with Crippen LogP contribution in [-0.2, 0) is 11.2 Å². The molecule has 0 bridgehead atoms. The fraction of sp³-hybridized carbons (Fsp3) is 0.143. The highest BCUT2D eigenvalue weighted by Gasteiger charge is 2.11. The lowest BCUT2D eigenvalue weighted by Crippen LogP contribution is -2.14. The highest BCUT2D eigenvalue weighted by atomic mass is 19.1. The largest absolute Gasteiger partial charge is 0.321 e. The van der Waals surface area contributed by atoms with E-state index in [0.717, 1.165) is 17.7 Å². The lowest BCUT2D eigenvalue weighted by atomic mass is 10.1. The van der Waals surface area contributed by atoms with Crippen LogP contribution in [0.1, 0.15) is 12.0 Å². The molecule has 0 saturated carbocycles. The normalized spacial score (nSPS) is 10.2. The van der Waals surface area contributed by atoms with E-state index in [1.54, 1.807) is 24.5 Å². The molecule has 2 aromatic rings. The Morgan fingerprint density at radius 3 is 2.37 bits per heavy atom. The van der Waals surface area contributed by atoms with E-state index in [9.17, 15) is 13.6 Å². The van der Waals surface area contributed by atoms with Crippen molar-refractivity contribution in [2.75, 3.05) is 5.32 Å². The van der Waals surface area contributed by atoms with Crippen molar-refractivity contribution in [2.24, 2.45) is 0 Å². The Balaban J connectivity index is 1.95.